The average Bonchev–Trinajstić information content (AvgIpc) is 2.66. The Morgan fingerprint density at radius 2 is 1.58 bits per heavy atom. The maximum atomic E-state index is 4.80. The summed E-state index contributed by atoms with van der Waals surface area (Å²) in [6.07, 6.45) is 7.84. The van der Waals surface area contributed by atoms with E-state index in [0.29, 0.717) is 5.82 Å². The molecule has 0 N–H and O–H groups in total. The summed E-state index contributed by atoms with van der Waals surface area (Å²) in [5.74, 6) is 0.716. The fraction of sp³-hybridized carbons (Fsp3) is 0.348. The predicted molar refractivity (Wildman–Crippen MR) is 106 cm³/mol. The number of hydrogen-bond acceptors (Lipinski definition) is 3. The zero-order valence-corrected chi connectivity index (χ0v) is 16.0. The Balaban J connectivity index is 1.81. The largest absolute Gasteiger partial charge is 0.264 e. The third kappa shape index (κ3) is 2.92. The van der Waals surface area contributed by atoms with Gasteiger partial charge < -0.3 is 0 Å². The van der Waals surface area contributed by atoms with Crippen LogP contribution in [0.3, 0.4) is 0 Å². The van der Waals surface area contributed by atoms with Gasteiger partial charge in [-0.2, -0.15) is 0 Å². The van der Waals surface area contributed by atoms with Crippen molar-refractivity contribution < 1.29 is 0 Å². The molecule has 3 aromatic rings. The van der Waals surface area contributed by atoms with Crippen LogP contribution in [0.1, 0.15) is 51.7 Å². The summed E-state index contributed by atoms with van der Waals surface area (Å²) >= 11 is 0. The van der Waals surface area contributed by atoms with Crippen LogP contribution in [0, 0.1) is 0 Å². The molecule has 2 heterocycles. The van der Waals surface area contributed by atoms with Crippen LogP contribution >= 0.6 is 0 Å². The average molecular weight is 343 g/mol. The van der Waals surface area contributed by atoms with Gasteiger partial charge >= 0.3 is 0 Å². The molecule has 0 bridgehead atoms. The summed E-state index contributed by atoms with van der Waals surface area (Å²) in [4.78, 5) is 13.4. The van der Waals surface area contributed by atoms with Crippen molar-refractivity contribution in [2.75, 3.05) is 0 Å². The summed E-state index contributed by atoms with van der Waals surface area (Å²) < 4.78 is 0. The predicted octanol–water partition coefficient (Wildman–Crippen LogP) is 5.55. The molecule has 0 aliphatic heterocycles. The molecular weight excluding hydrogens is 318 g/mol. The molecule has 0 spiro atoms. The molecule has 26 heavy (non-hydrogen) atoms. The summed E-state index contributed by atoms with van der Waals surface area (Å²) in [5, 5.41) is 0. The lowest BCUT2D eigenvalue weighted by Gasteiger charge is -2.42. The van der Waals surface area contributed by atoms with Crippen LogP contribution in [0.25, 0.3) is 22.6 Å². The molecule has 0 saturated carbocycles. The molecule has 1 aromatic carbocycles. The molecule has 1 aliphatic carbocycles. The highest BCUT2D eigenvalue weighted by atomic mass is 14.9. The fourth-order valence-corrected chi connectivity index (χ4v) is 3.90. The first-order valence-corrected chi connectivity index (χ1v) is 9.26. The second kappa shape index (κ2) is 6.01. The van der Waals surface area contributed by atoms with Gasteiger partial charge in [0.05, 0.1) is 5.69 Å². The van der Waals surface area contributed by atoms with E-state index in [0.717, 1.165) is 16.8 Å². The number of pyridine rings is 1. The molecular formula is C23H25N3. The first-order valence-electron chi connectivity index (χ1n) is 9.26. The van der Waals surface area contributed by atoms with Crippen molar-refractivity contribution in [1.29, 1.82) is 0 Å². The van der Waals surface area contributed by atoms with Crippen LogP contribution < -0.4 is 0 Å². The third-order valence-corrected chi connectivity index (χ3v) is 5.72. The van der Waals surface area contributed by atoms with Crippen molar-refractivity contribution in [3.05, 3.63) is 66.1 Å². The van der Waals surface area contributed by atoms with E-state index >= 15 is 0 Å². The molecule has 4 rings (SSSR count). The molecule has 0 unspecified atom stereocenters. The summed E-state index contributed by atoms with van der Waals surface area (Å²) in [6, 6.07) is 12.7. The van der Waals surface area contributed by atoms with Gasteiger partial charge in [0.1, 0.15) is 0 Å². The van der Waals surface area contributed by atoms with Gasteiger partial charge in [-0.15, -0.1) is 0 Å². The quantitative estimate of drug-likeness (QED) is 0.612. The molecule has 0 radical (unpaired) electrons. The topological polar surface area (TPSA) is 38.7 Å². The fourth-order valence-electron chi connectivity index (χ4n) is 3.90. The van der Waals surface area contributed by atoms with Gasteiger partial charge in [0.2, 0.25) is 0 Å². The van der Waals surface area contributed by atoms with Gasteiger partial charge in [0.15, 0.2) is 5.82 Å². The van der Waals surface area contributed by atoms with E-state index in [-0.39, 0.29) is 10.8 Å². The van der Waals surface area contributed by atoms with Gasteiger partial charge in [-0.3, -0.25) is 4.98 Å². The maximum absolute atomic E-state index is 4.80. The van der Waals surface area contributed by atoms with E-state index in [4.69, 9.17) is 4.98 Å². The van der Waals surface area contributed by atoms with E-state index < -0.39 is 0 Å². The van der Waals surface area contributed by atoms with E-state index in [2.05, 4.69) is 55.9 Å². The van der Waals surface area contributed by atoms with E-state index in [9.17, 15) is 0 Å². The van der Waals surface area contributed by atoms with Crippen LogP contribution in [0.5, 0.6) is 0 Å². The highest BCUT2D eigenvalue weighted by Crippen LogP contribution is 2.46. The van der Waals surface area contributed by atoms with Crippen LogP contribution in [-0.2, 0) is 10.8 Å². The van der Waals surface area contributed by atoms with Crippen molar-refractivity contribution in [3.63, 3.8) is 0 Å². The second-order valence-electron chi connectivity index (χ2n) is 8.54. The third-order valence-electron chi connectivity index (χ3n) is 5.72. The molecule has 0 saturated heterocycles. The molecule has 3 heteroatoms. The lowest BCUT2D eigenvalue weighted by Crippen LogP contribution is -2.33. The van der Waals surface area contributed by atoms with E-state index in [1.807, 2.05) is 24.4 Å². The van der Waals surface area contributed by atoms with Crippen LogP contribution in [0.15, 0.2) is 55.0 Å². The summed E-state index contributed by atoms with van der Waals surface area (Å²) in [6.45, 7) is 9.41. The van der Waals surface area contributed by atoms with Crippen molar-refractivity contribution in [1.82, 2.24) is 15.0 Å². The lowest BCUT2D eigenvalue weighted by molar-refractivity contribution is 0.332. The van der Waals surface area contributed by atoms with Gasteiger partial charge in [0.25, 0.3) is 0 Å². The minimum absolute atomic E-state index is 0.195. The Labute approximate surface area is 155 Å². The van der Waals surface area contributed by atoms with Gasteiger partial charge in [-0.25, -0.2) is 9.97 Å². The number of fused-ring (bicyclic) bond motifs is 1. The van der Waals surface area contributed by atoms with Gasteiger partial charge in [-0.1, -0.05) is 39.8 Å². The Kier molecular flexibility index (Phi) is 3.91. The molecule has 132 valence electrons. The summed E-state index contributed by atoms with van der Waals surface area (Å²) in [7, 11) is 0. The highest BCUT2D eigenvalue weighted by molar-refractivity contribution is 5.65. The van der Waals surface area contributed by atoms with E-state index in [1.54, 1.807) is 12.4 Å². The minimum atomic E-state index is 0.195. The molecule has 1 aliphatic rings. The summed E-state index contributed by atoms with van der Waals surface area (Å²) in [5.41, 5.74) is 6.40. The molecule has 0 fully saturated rings. The Bertz CT molecular complexity index is 943. The first kappa shape index (κ1) is 16.9. The first-order chi connectivity index (χ1) is 12.4. The second-order valence-corrected chi connectivity index (χ2v) is 8.54. The lowest BCUT2D eigenvalue weighted by atomic mass is 9.63. The molecule has 2 aromatic heterocycles. The standard InChI is InChI=1S/C23H25N3/c1-22(2)10-11-23(3,4)19-14-16(7-8-18(19)22)20-9-13-25-21(26-20)17-6-5-12-24-15-17/h5-9,12-15H,10-11H2,1-4H3. The SMILES string of the molecule is CC1(C)CCC(C)(C)c2cc(-c3ccnc(-c4cccnc4)n3)ccc21. The Hall–Kier alpha value is -2.55. The monoisotopic (exact) mass is 343 g/mol. The highest BCUT2D eigenvalue weighted by Gasteiger charge is 2.37. The minimum Gasteiger partial charge on any atom is -0.264 e. The Morgan fingerprint density at radius 1 is 0.808 bits per heavy atom. The number of benzene rings is 1. The maximum Gasteiger partial charge on any atom is 0.161 e. The normalized spacial score (nSPS) is 17.5. The van der Waals surface area contributed by atoms with Crippen molar-refractivity contribution in [2.24, 2.45) is 0 Å². The van der Waals surface area contributed by atoms with Crippen LogP contribution in [0.2, 0.25) is 0 Å². The number of hydrogen-bond donors (Lipinski definition) is 0. The molecule has 0 amide bonds. The van der Waals surface area contributed by atoms with Gasteiger partial charge in [0, 0.05) is 29.7 Å². The van der Waals surface area contributed by atoms with Crippen LogP contribution in [-0.4, -0.2) is 15.0 Å². The number of aromatic nitrogens is 3. The van der Waals surface area contributed by atoms with E-state index in [1.165, 1.54) is 24.0 Å². The molecule has 3 nitrogen and oxygen atoms in total. The number of nitrogens with zero attached hydrogens (tertiary/aromatic N) is 3. The van der Waals surface area contributed by atoms with Crippen molar-refractivity contribution in [3.8, 4) is 22.6 Å². The zero-order chi connectivity index (χ0) is 18.4. The number of rotatable bonds is 2. The zero-order valence-electron chi connectivity index (χ0n) is 16.0. The Morgan fingerprint density at radius 3 is 2.31 bits per heavy atom. The smallest absolute Gasteiger partial charge is 0.161 e. The van der Waals surface area contributed by atoms with Crippen LogP contribution in [0.4, 0.5) is 0 Å². The van der Waals surface area contributed by atoms with Crippen molar-refractivity contribution >= 4 is 0 Å². The molecule has 0 atom stereocenters. The van der Waals surface area contributed by atoms with Gasteiger partial charge in [-0.05, 0) is 59.1 Å². The van der Waals surface area contributed by atoms with Crippen molar-refractivity contribution in [2.45, 2.75) is 51.4 Å².